The first kappa shape index (κ1) is 14.2. The first-order valence-electron chi connectivity index (χ1n) is 6.92. The fourth-order valence-corrected chi connectivity index (χ4v) is 2.28. The van der Waals surface area contributed by atoms with Gasteiger partial charge in [-0.2, -0.15) is 0 Å². The molecule has 1 fully saturated rings. The Bertz CT molecular complexity index is 248. The minimum atomic E-state index is -0.107. The Balaban J connectivity index is 2.45. The van der Waals surface area contributed by atoms with Crippen molar-refractivity contribution in [2.75, 3.05) is 6.61 Å². The van der Waals surface area contributed by atoms with E-state index in [1.54, 1.807) is 0 Å². The maximum atomic E-state index is 12.0. The number of hydrogen-bond acceptors (Lipinski definition) is 3. The van der Waals surface area contributed by atoms with Crippen LogP contribution in [-0.2, 0) is 14.3 Å². The van der Waals surface area contributed by atoms with Crippen LogP contribution >= 0.6 is 0 Å². The summed E-state index contributed by atoms with van der Waals surface area (Å²) in [6, 6.07) is 0. The van der Waals surface area contributed by atoms with Gasteiger partial charge in [0, 0.05) is 18.8 Å². The Morgan fingerprint density at radius 2 is 1.94 bits per heavy atom. The van der Waals surface area contributed by atoms with Gasteiger partial charge in [0.1, 0.15) is 5.78 Å². The Morgan fingerprint density at radius 3 is 2.71 bits per heavy atom. The van der Waals surface area contributed by atoms with E-state index in [0.29, 0.717) is 25.2 Å². The largest absolute Gasteiger partial charge is 0.466 e. The maximum absolute atomic E-state index is 12.0. The number of esters is 1. The average molecular weight is 240 g/mol. The van der Waals surface area contributed by atoms with E-state index in [9.17, 15) is 9.59 Å². The van der Waals surface area contributed by atoms with Crippen molar-refractivity contribution in [2.45, 2.75) is 64.7 Å². The van der Waals surface area contributed by atoms with Crippen LogP contribution in [0.25, 0.3) is 0 Å². The Morgan fingerprint density at radius 1 is 1.18 bits per heavy atom. The third kappa shape index (κ3) is 5.85. The molecular formula is C14H24O3. The van der Waals surface area contributed by atoms with Gasteiger partial charge in [0.15, 0.2) is 0 Å². The van der Waals surface area contributed by atoms with E-state index in [0.717, 1.165) is 44.9 Å². The van der Waals surface area contributed by atoms with Gasteiger partial charge >= 0.3 is 5.97 Å². The molecule has 0 bridgehead atoms. The molecule has 1 heterocycles. The van der Waals surface area contributed by atoms with Gasteiger partial charge in [0.05, 0.1) is 6.61 Å². The molecule has 1 rings (SSSR count). The van der Waals surface area contributed by atoms with Crippen molar-refractivity contribution in [3.63, 3.8) is 0 Å². The van der Waals surface area contributed by atoms with Crippen LogP contribution in [0.5, 0.6) is 0 Å². The SMILES string of the molecule is CCCCC1CCCOC(=O)CCCCC1=O. The predicted octanol–water partition coefficient (Wildman–Crippen LogP) is 3.26. The molecule has 3 nitrogen and oxygen atoms in total. The second-order valence-electron chi connectivity index (χ2n) is 4.88. The van der Waals surface area contributed by atoms with Gasteiger partial charge in [-0.15, -0.1) is 0 Å². The zero-order valence-electron chi connectivity index (χ0n) is 10.9. The molecule has 0 radical (unpaired) electrons. The lowest BCUT2D eigenvalue weighted by Gasteiger charge is -2.14. The minimum Gasteiger partial charge on any atom is -0.466 e. The van der Waals surface area contributed by atoms with Crippen LogP contribution in [0.4, 0.5) is 0 Å². The Hall–Kier alpha value is -0.860. The molecule has 1 unspecified atom stereocenters. The molecule has 1 aliphatic heterocycles. The number of Topliss-reactive ketones (excluding diaryl/α,β-unsaturated/α-hetero) is 1. The molecule has 0 aliphatic carbocycles. The van der Waals surface area contributed by atoms with Crippen molar-refractivity contribution >= 4 is 11.8 Å². The lowest BCUT2D eigenvalue weighted by Crippen LogP contribution is -2.15. The second kappa shape index (κ2) is 8.26. The van der Waals surface area contributed by atoms with E-state index >= 15 is 0 Å². The van der Waals surface area contributed by atoms with Gasteiger partial charge < -0.3 is 4.74 Å². The van der Waals surface area contributed by atoms with E-state index in [4.69, 9.17) is 4.74 Å². The van der Waals surface area contributed by atoms with Crippen molar-refractivity contribution in [1.82, 2.24) is 0 Å². The van der Waals surface area contributed by atoms with Gasteiger partial charge in [-0.1, -0.05) is 19.8 Å². The molecule has 0 aromatic carbocycles. The summed E-state index contributed by atoms with van der Waals surface area (Å²) in [7, 11) is 0. The molecule has 1 atom stereocenters. The van der Waals surface area contributed by atoms with Crippen molar-refractivity contribution in [3.8, 4) is 0 Å². The minimum absolute atomic E-state index is 0.107. The second-order valence-corrected chi connectivity index (χ2v) is 4.88. The van der Waals surface area contributed by atoms with Crippen LogP contribution < -0.4 is 0 Å². The lowest BCUT2D eigenvalue weighted by molar-refractivity contribution is -0.143. The van der Waals surface area contributed by atoms with Crippen LogP contribution in [0.2, 0.25) is 0 Å². The number of carbonyl (C=O) groups excluding carboxylic acids is 2. The molecule has 1 aliphatic rings. The van der Waals surface area contributed by atoms with Crippen LogP contribution in [0.1, 0.15) is 64.7 Å². The van der Waals surface area contributed by atoms with E-state index in [1.165, 1.54) is 0 Å². The number of hydrogen-bond donors (Lipinski definition) is 0. The van der Waals surface area contributed by atoms with Crippen LogP contribution in [0.3, 0.4) is 0 Å². The normalized spacial score (nSPS) is 23.9. The molecule has 17 heavy (non-hydrogen) atoms. The standard InChI is InChI=1S/C14H24O3/c1-2-3-7-12-8-6-11-17-14(16)10-5-4-9-13(12)15/h12H,2-11H2,1H3. The molecule has 0 aromatic heterocycles. The third-order valence-corrected chi connectivity index (χ3v) is 3.38. The summed E-state index contributed by atoms with van der Waals surface area (Å²) < 4.78 is 5.11. The van der Waals surface area contributed by atoms with Crippen LogP contribution in [0, 0.1) is 5.92 Å². The number of ketones is 1. The third-order valence-electron chi connectivity index (χ3n) is 3.38. The van der Waals surface area contributed by atoms with Crippen LogP contribution in [-0.4, -0.2) is 18.4 Å². The van der Waals surface area contributed by atoms with Crippen molar-refractivity contribution < 1.29 is 14.3 Å². The van der Waals surface area contributed by atoms with Crippen LogP contribution in [0.15, 0.2) is 0 Å². The van der Waals surface area contributed by atoms with Gasteiger partial charge in [0.25, 0.3) is 0 Å². The van der Waals surface area contributed by atoms with E-state index in [-0.39, 0.29) is 11.9 Å². The highest BCUT2D eigenvalue weighted by molar-refractivity contribution is 5.81. The fourth-order valence-electron chi connectivity index (χ4n) is 2.28. The quantitative estimate of drug-likeness (QED) is 0.711. The van der Waals surface area contributed by atoms with E-state index < -0.39 is 0 Å². The summed E-state index contributed by atoms with van der Waals surface area (Å²) in [5.41, 5.74) is 0. The fraction of sp³-hybridized carbons (Fsp3) is 0.857. The van der Waals surface area contributed by atoms with Gasteiger partial charge in [0.2, 0.25) is 0 Å². The van der Waals surface area contributed by atoms with Crippen molar-refractivity contribution in [1.29, 1.82) is 0 Å². The number of rotatable bonds is 3. The summed E-state index contributed by atoms with van der Waals surface area (Å²) in [5, 5.41) is 0. The summed E-state index contributed by atoms with van der Waals surface area (Å²) in [6.45, 7) is 2.63. The lowest BCUT2D eigenvalue weighted by atomic mass is 9.90. The molecular weight excluding hydrogens is 216 g/mol. The summed E-state index contributed by atoms with van der Waals surface area (Å²) in [6.07, 6.45) is 7.69. The molecule has 0 amide bonds. The molecule has 0 spiro atoms. The highest BCUT2D eigenvalue weighted by Gasteiger charge is 2.18. The monoisotopic (exact) mass is 240 g/mol. The first-order chi connectivity index (χ1) is 8.24. The van der Waals surface area contributed by atoms with E-state index in [1.807, 2.05) is 0 Å². The highest BCUT2D eigenvalue weighted by Crippen LogP contribution is 2.20. The molecule has 0 aromatic rings. The topological polar surface area (TPSA) is 43.4 Å². The van der Waals surface area contributed by atoms with Gasteiger partial charge in [-0.25, -0.2) is 0 Å². The molecule has 3 heteroatoms. The smallest absolute Gasteiger partial charge is 0.305 e. The summed E-state index contributed by atoms with van der Waals surface area (Å²) in [5.74, 6) is 0.490. The molecule has 1 saturated heterocycles. The zero-order valence-corrected chi connectivity index (χ0v) is 10.9. The predicted molar refractivity (Wildman–Crippen MR) is 66.7 cm³/mol. The summed E-state index contributed by atoms with van der Waals surface area (Å²) >= 11 is 0. The zero-order chi connectivity index (χ0) is 12.5. The maximum Gasteiger partial charge on any atom is 0.305 e. The van der Waals surface area contributed by atoms with E-state index in [2.05, 4.69) is 6.92 Å². The number of ether oxygens (including phenoxy) is 1. The van der Waals surface area contributed by atoms with Crippen molar-refractivity contribution in [2.24, 2.45) is 5.92 Å². The summed E-state index contributed by atoms with van der Waals surface area (Å²) in [4.78, 5) is 23.2. The highest BCUT2D eigenvalue weighted by atomic mass is 16.5. The van der Waals surface area contributed by atoms with Gasteiger partial charge in [-0.05, 0) is 32.1 Å². The number of unbranched alkanes of at least 4 members (excludes halogenated alkanes) is 1. The number of cyclic esters (lactones) is 1. The average Bonchev–Trinajstić information content (AvgIpc) is 2.35. The molecule has 0 saturated carbocycles. The van der Waals surface area contributed by atoms with Gasteiger partial charge in [-0.3, -0.25) is 9.59 Å². The molecule has 98 valence electrons. The Kier molecular flexibility index (Phi) is 6.90. The number of carbonyl (C=O) groups is 2. The van der Waals surface area contributed by atoms with Crippen molar-refractivity contribution in [3.05, 3.63) is 0 Å². The first-order valence-corrected chi connectivity index (χ1v) is 6.92. The Labute approximate surface area is 104 Å². The molecule has 0 N–H and O–H groups in total.